The van der Waals surface area contributed by atoms with Crippen LogP contribution >= 0.6 is 0 Å². The molecule has 20 heavy (non-hydrogen) atoms. The Bertz CT molecular complexity index is 675. The molecule has 1 aliphatic carbocycles. The fourth-order valence-corrected chi connectivity index (χ4v) is 1.88. The Morgan fingerprint density at radius 2 is 2.40 bits per heavy atom. The largest absolute Gasteiger partial charge is 0.453 e. The van der Waals surface area contributed by atoms with Gasteiger partial charge in [-0.25, -0.2) is 9.78 Å². The molecule has 2 aromatic heterocycles. The van der Waals surface area contributed by atoms with E-state index in [4.69, 9.17) is 0 Å². The zero-order valence-electron chi connectivity index (χ0n) is 11.1. The van der Waals surface area contributed by atoms with Crippen molar-refractivity contribution >= 4 is 29.5 Å². The number of fused-ring (bicyclic) bond motifs is 1. The van der Waals surface area contributed by atoms with Gasteiger partial charge in [0.25, 0.3) is 0 Å². The molecule has 2 heterocycles. The predicted octanol–water partition coefficient (Wildman–Crippen LogP) is 2.12. The number of nitrogens with one attached hydrogen (secondary N) is 2. The molecule has 1 fully saturated rings. The van der Waals surface area contributed by atoms with Crippen molar-refractivity contribution in [1.82, 2.24) is 14.6 Å². The molecule has 0 saturated heterocycles. The number of carbonyl (C=O) groups is 1. The molecule has 0 atom stereocenters. The SMILES string of the molecule is C=Cc1cnn2c(NC3CC3)cc(NC(=O)OC)nc12. The normalized spacial score (nSPS) is 14.1. The minimum atomic E-state index is -0.557. The Morgan fingerprint density at radius 1 is 1.60 bits per heavy atom. The molecule has 0 spiro atoms. The zero-order valence-corrected chi connectivity index (χ0v) is 11.1. The van der Waals surface area contributed by atoms with Gasteiger partial charge in [-0.05, 0) is 12.8 Å². The van der Waals surface area contributed by atoms with Crippen LogP contribution in [0.2, 0.25) is 0 Å². The Labute approximate surface area is 115 Å². The maximum Gasteiger partial charge on any atom is 0.412 e. The number of rotatable bonds is 4. The highest BCUT2D eigenvalue weighted by molar-refractivity contribution is 5.84. The van der Waals surface area contributed by atoms with Crippen LogP contribution in [-0.4, -0.2) is 33.8 Å². The highest BCUT2D eigenvalue weighted by Crippen LogP contribution is 2.27. The van der Waals surface area contributed by atoms with Crippen molar-refractivity contribution in [3.05, 3.63) is 24.4 Å². The monoisotopic (exact) mass is 273 g/mol. The van der Waals surface area contributed by atoms with E-state index in [2.05, 4.69) is 32.0 Å². The van der Waals surface area contributed by atoms with Crippen LogP contribution in [0.5, 0.6) is 0 Å². The molecule has 2 aromatic rings. The summed E-state index contributed by atoms with van der Waals surface area (Å²) >= 11 is 0. The molecule has 0 radical (unpaired) electrons. The molecule has 0 aliphatic heterocycles. The highest BCUT2D eigenvalue weighted by atomic mass is 16.5. The van der Waals surface area contributed by atoms with E-state index in [1.807, 2.05) is 0 Å². The first kappa shape index (κ1) is 12.5. The van der Waals surface area contributed by atoms with Gasteiger partial charge in [0.05, 0.1) is 13.3 Å². The molecule has 3 rings (SSSR count). The lowest BCUT2D eigenvalue weighted by Gasteiger charge is -2.10. The number of ether oxygens (including phenoxy) is 1. The third-order valence-electron chi connectivity index (χ3n) is 3.06. The lowest BCUT2D eigenvalue weighted by molar-refractivity contribution is 0.187. The minimum Gasteiger partial charge on any atom is -0.453 e. The van der Waals surface area contributed by atoms with E-state index in [9.17, 15) is 4.79 Å². The van der Waals surface area contributed by atoms with Gasteiger partial charge in [-0.15, -0.1) is 0 Å². The molecule has 0 aromatic carbocycles. The topological polar surface area (TPSA) is 80.5 Å². The van der Waals surface area contributed by atoms with Crippen LogP contribution in [0.4, 0.5) is 16.4 Å². The van der Waals surface area contributed by atoms with Gasteiger partial charge in [0, 0.05) is 17.7 Å². The van der Waals surface area contributed by atoms with Gasteiger partial charge < -0.3 is 10.1 Å². The van der Waals surface area contributed by atoms with E-state index in [0.717, 1.165) is 24.2 Å². The molecule has 0 bridgehead atoms. The molecule has 1 amide bonds. The highest BCUT2D eigenvalue weighted by Gasteiger charge is 2.23. The van der Waals surface area contributed by atoms with Crippen LogP contribution in [0.25, 0.3) is 11.7 Å². The third kappa shape index (κ3) is 2.29. The number of aromatic nitrogens is 3. The Kier molecular flexibility index (Phi) is 3.02. The first-order chi connectivity index (χ1) is 9.71. The summed E-state index contributed by atoms with van der Waals surface area (Å²) in [5, 5.41) is 10.2. The average molecular weight is 273 g/mol. The number of hydrogen-bond donors (Lipinski definition) is 2. The Hall–Kier alpha value is -2.57. The van der Waals surface area contributed by atoms with Crippen molar-refractivity contribution < 1.29 is 9.53 Å². The first-order valence-corrected chi connectivity index (χ1v) is 6.34. The van der Waals surface area contributed by atoms with Crippen molar-refractivity contribution in [2.24, 2.45) is 0 Å². The fraction of sp³-hybridized carbons (Fsp3) is 0.308. The average Bonchev–Trinajstić information content (AvgIpc) is 3.16. The summed E-state index contributed by atoms with van der Waals surface area (Å²) < 4.78 is 6.29. The van der Waals surface area contributed by atoms with Gasteiger partial charge in [0.1, 0.15) is 11.6 Å². The van der Waals surface area contributed by atoms with Gasteiger partial charge in [-0.1, -0.05) is 12.7 Å². The molecule has 2 N–H and O–H groups in total. The molecule has 7 nitrogen and oxygen atoms in total. The summed E-state index contributed by atoms with van der Waals surface area (Å²) in [6.07, 6.45) is 5.09. The van der Waals surface area contributed by atoms with Crippen LogP contribution in [0.1, 0.15) is 18.4 Å². The number of hydrogen-bond acceptors (Lipinski definition) is 5. The van der Waals surface area contributed by atoms with E-state index in [1.165, 1.54) is 7.11 Å². The van der Waals surface area contributed by atoms with Crippen molar-refractivity contribution in [2.45, 2.75) is 18.9 Å². The summed E-state index contributed by atoms with van der Waals surface area (Å²) in [4.78, 5) is 15.7. The smallest absolute Gasteiger partial charge is 0.412 e. The zero-order chi connectivity index (χ0) is 14.1. The number of nitrogens with zero attached hydrogens (tertiary/aromatic N) is 3. The Balaban J connectivity index is 2.05. The van der Waals surface area contributed by atoms with Gasteiger partial charge in [-0.3, -0.25) is 5.32 Å². The maximum atomic E-state index is 11.3. The van der Waals surface area contributed by atoms with E-state index < -0.39 is 6.09 Å². The second kappa shape index (κ2) is 4.84. The van der Waals surface area contributed by atoms with Crippen LogP contribution < -0.4 is 10.6 Å². The standard InChI is InChI=1S/C13H15N5O2/c1-3-8-7-14-18-11(15-9-4-5-9)6-10(16-12(8)18)17-13(19)20-2/h3,6-7,9,15H,1,4-5H2,2H3,(H,16,17,19). The van der Waals surface area contributed by atoms with E-state index in [-0.39, 0.29) is 0 Å². The summed E-state index contributed by atoms with van der Waals surface area (Å²) in [5.74, 6) is 1.20. The van der Waals surface area contributed by atoms with Crippen molar-refractivity contribution in [3.8, 4) is 0 Å². The van der Waals surface area contributed by atoms with Gasteiger partial charge in [0.2, 0.25) is 0 Å². The van der Waals surface area contributed by atoms with E-state index >= 15 is 0 Å². The number of methoxy groups -OCH3 is 1. The number of carbonyl (C=O) groups excluding carboxylic acids is 1. The van der Waals surface area contributed by atoms with Crippen LogP contribution in [0.3, 0.4) is 0 Å². The second-order valence-electron chi connectivity index (χ2n) is 4.60. The molecule has 7 heteroatoms. The van der Waals surface area contributed by atoms with Crippen molar-refractivity contribution in [3.63, 3.8) is 0 Å². The van der Waals surface area contributed by atoms with Gasteiger partial charge in [-0.2, -0.15) is 9.61 Å². The lowest BCUT2D eigenvalue weighted by Crippen LogP contribution is -2.14. The third-order valence-corrected chi connectivity index (χ3v) is 3.06. The molecule has 104 valence electrons. The van der Waals surface area contributed by atoms with Crippen LogP contribution in [0, 0.1) is 0 Å². The summed E-state index contributed by atoms with van der Waals surface area (Å²) in [6, 6.07) is 2.20. The van der Waals surface area contributed by atoms with Crippen LogP contribution in [-0.2, 0) is 4.74 Å². The molecule has 1 saturated carbocycles. The minimum absolute atomic E-state index is 0.413. The maximum absolute atomic E-state index is 11.3. The molecule has 0 unspecified atom stereocenters. The predicted molar refractivity (Wildman–Crippen MR) is 75.8 cm³/mol. The molecular weight excluding hydrogens is 258 g/mol. The first-order valence-electron chi connectivity index (χ1n) is 6.34. The van der Waals surface area contributed by atoms with E-state index in [0.29, 0.717) is 17.5 Å². The quantitative estimate of drug-likeness (QED) is 0.892. The van der Waals surface area contributed by atoms with Crippen molar-refractivity contribution in [1.29, 1.82) is 0 Å². The molecule has 1 aliphatic rings. The molecular formula is C13H15N5O2. The van der Waals surface area contributed by atoms with Gasteiger partial charge >= 0.3 is 6.09 Å². The van der Waals surface area contributed by atoms with Crippen molar-refractivity contribution in [2.75, 3.05) is 17.7 Å². The fourth-order valence-electron chi connectivity index (χ4n) is 1.88. The van der Waals surface area contributed by atoms with E-state index in [1.54, 1.807) is 22.9 Å². The van der Waals surface area contributed by atoms with Crippen LogP contribution in [0.15, 0.2) is 18.8 Å². The summed E-state index contributed by atoms with van der Waals surface area (Å²) in [6.45, 7) is 3.74. The summed E-state index contributed by atoms with van der Waals surface area (Å²) in [7, 11) is 1.31. The lowest BCUT2D eigenvalue weighted by atomic mass is 10.3. The Morgan fingerprint density at radius 3 is 3.05 bits per heavy atom. The number of amides is 1. The second-order valence-corrected chi connectivity index (χ2v) is 4.60. The number of anilines is 2. The van der Waals surface area contributed by atoms with Gasteiger partial charge in [0.15, 0.2) is 5.65 Å². The summed E-state index contributed by atoms with van der Waals surface area (Å²) in [5.41, 5.74) is 1.44.